The lowest BCUT2D eigenvalue weighted by atomic mass is 10.0. The number of carbonyl (C=O) groups is 3. The molecule has 1 rings (SSSR count). The van der Waals surface area contributed by atoms with E-state index < -0.39 is 29.4 Å². The third-order valence-corrected chi connectivity index (χ3v) is 3.20. The van der Waals surface area contributed by atoms with E-state index in [1.165, 1.54) is 12.1 Å². The number of nitriles is 1. The fourth-order valence-electron chi connectivity index (χ4n) is 1.93. The van der Waals surface area contributed by atoms with Crippen LogP contribution in [0.15, 0.2) is 36.0 Å². The second-order valence-corrected chi connectivity index (χ2v) is 5.76. The number of amides is 2. The number of rotatable bonds is 7. The van der Waals surface area contributed by atoms with Gasteiger partial charge in [-0.1, -0.05) is 13.8 Å². The van der Waals surface area contributed by atoms with Gasteiger partial charge in [-0.2, -0.15) is 5.26 Å². The number of carboxylic acids is 1. The van der Waals surface area contributed by atoms with Gasteiger partial charge in [0.25, 0.3) is 11.8 Å². The standard InChI is InChI=1S/C17H20N4O4/c1-10(2)7-14(17(24)25)21-16(23)12(8-18)9-20-15(22)11-3-5-13(19)6-4-11/h3-6,9-10,14H,7,19H2,1-2H3,(H,20,22)(H,21,23)(H,24,25)/b12-9-. The van der Waals surface area contributed by atoms with Crippen LogP contribution in [0, 0.1) is 17.2 Å². The van der Waals surface area contributed by atoms with E-state index in [2.05, 4.69) is 10.6 Å². The first-order chi connectivity index (χ1) is 11.7. The number of nitrogens with zero attached hydrogens (tertiary/aromatic N) is 1. The molecular formula is C17H20N4O4. The first kappa shape index (κ1) is 19.7. The molecule has 8 nitrogen and oxygen atoms in total. The number of carboxylic acid groups (broad SMARTS) is 1. The summed E-state index contributed by atoms with van der Waals surface area (Å²) in [5.74, 6) is -2.54. The van der Waals surface area contributed by atoms with Crippen molar-refractivity contribution in [3.8, 4) is 6.07 Å². The number of nitrogens with two attached hydrogens (primary N) is 1. The molecule has 8 heteroatoms. The van der Waals surface area contributed by atoms with Crippen LogP contribution < -0.4 is 16.4 Å². The lowest BCUT2D eigenvalue weighted by Crippen LogP contribution is -2.42. The van der Waals surface area contributed by atoms with Crippen LogP contribution in [-0.4, -0.2) is 28.9 Å². The highest BCUT2D eigenvalue weighted by molar-refractivity contribution is 6.01. The molecule has 0 aromatic heterocycles. The van der Waals surface area contributed by atoms with Gasteiger partial charge in [0.15, 0.2) is 0 Å². The lowest BCUT2D eigenvalue weighted by Gasteiger charge is -2.16. The molecule has 5 N–H and O–H groups in total. The SMILES string of the molecule is CC(C)CC(NC(=O)/C(C#N)=C\NC(=O)c1ccc(N)cc1)C(=O)O. The van der Waals surface area contributed by atoms with Crippen molar-refractivity contribution in [3.63, 3.8) is 0 Å². The second-order valence-electron chi connectivity index (χ2n) is 5.76. The predicted octanol–water partition coefficient (Wildman–Crippen LogP) is 1.02. The van der Waals surface area contributed by atoms with Crippen molar-refractivity contribution < 1.29 is 19.5 Å². The lowest BCUT2D eigenvalue weighted by molar-refractivity contribution is -0.141. The van der Waals surface area contributed by atoms with Crippen LogP contribution in [0.25, 0.3) is 0 Å². The Balaban J connectivity index is 2.79. The normalized spacial score (nSPS) is 12.2. The molecule has 0 fully saturated rings. The highest BCUT2D eigenvalue weighted by Crippen LogP contribution is 2.07. The smallest absolute Gasteiger partial charge is 0.326 e. The molecule has 25 heavy (non-hydrogen) atoms. The number of nitrogens with one attached hydrogen (secondary N) is 2. The molecule has 2 amide bonds. The molecule has 0 aliphatic heterocycles. The van der Waals surface area contributed by atoms with Crippen molar-refractivity contribution in [1.29, 1.82) is 5.26 Å². The number of nitrogen functional groups attached to an aromatic ring is 1. The summed E-state index contributed by atoms with van der Waals surface area (Å²) < 4.78 is 0. The highest BCUT2D eigenvalue weighted by Gasteiger charge is 2.22. The Morgan fingerprint density at radius 2 is 1.88 bits per heavy atom. The van der Waals surface area contributed by atoms with E-state index in [4.69, 9.17) is 16.1 Å². The van der Waals surface area contributed by atoms with E-state index in [0.29, 0.717) is 11.3 Å². The Morgan fingerprint density at radius 3 is 2.36 bits per heavy atom. The monoisotopic (exact) mass is 344 g/mol. The Morgan fingerprint density at radius 1 is 1.28 bits per heavy atom. The van der Waals surface area contributed by atoms with Gasteiger partial charge in [-0.25, -0.2) is 4.79 Å². The first-order valence-corrected chi connectivity index (χ1v) is 7.55. The summed E-state index contributed by atoms with van der Waals surface area (Å²) in [6.45, 7) is 3.63. The topological polar surface area (TPSA) is 145 Å². The van der Waals surface area contributed by atoms with Gasteiger partial charge in [-0.05, 0) is 36.6 Å². The van der Waals surface area contributed by atoms with Crippen LogP contribution in [-0.2, 0) is 9.59 Å². The van der Waals surface area contributed by atoms with E-state index in [1.54, 1.807) is 18.2 Å². The Hall–Kier alpha value is -3.34. The maximum absolute atomic E-state index is 12.0. The molecule has 1 unspecified atom stereocenters. The summed E-state index contributed by atoms with van der Waals surface area (Å²) in [5, 5.41) is 22.8. The molecule has 0 spiro atoms. The molecule has 0 heterocycles. The molecule has 0 aliphatic rings. The van der Waals surface area contributed by atoms with E-state index in [9.17, 15) is 14.4 Å². The van der Waals surface area contributed by atoms with Gasteiger partial charge in [0.1, 0.15) is 17.7 Å². The Labute approximate surface area is 145 Å². The van der Waals surface area contributed by atoms with Crippen LogP contribution in [0.2, 0.25) is 0 Å². The third kappa shape index (κ3) is 6.35. The molecule has 1 aromatic carbocycles. The van der Waals surface area contributed by atoms with Crippen molar-refractivity contribution in [2.24, 2.45) is 5.92 Å². The average Bonchev–Trinajstić information content (AvgIpc) is 2.54. The van der Waals surface area contributed by atoms with Gasteiger partial charge in [0, 0.05) is 17.5 Å². The summed E-state index contributed by atoms with van der Waals surface area (Å²) in [5.41, 5.74) is 5.92. The number of hydrogen-bond acceptors (Lipinski definition) is 5. The number of benzene rings is 1. The minimum atomic E-state index is -1.19. The van der Waals surface area contributed by atoms with Gasteiger partial charge in [0.05, 0.1) is 0 Å². The van der Waals surface area contributed by atoms with Gasteiger partial charge in [-0.3, -0.25) is 9.59 Å². The average molecular weight is 344 g/mol. The van der Waals surface area contributed by atoms with E-state index in [1.807, 2.05) is 13.8 Å². The summed E-state index contributed by atoms with van der Waals surface area (Å²) >= 11 is 0. The van der Waals surface area contributed by atoms with Crippen molar-refractivity contribution in [3.05, 3.63) is 41.6 Å². The van der Waals surface area contributed by atoms with Gasteiger partial charge >= 0.3 is 5.97 Å². The molecule has 0 radical (unpaired) electrons. The van der Waals surface area contributed by atoms with Crippen LogP contribution in [0.1, 0.15) is 30.6 Å². The molecule has 0 saturated heterocycles. The minimum absolute atomic E-state index is 0.0427. The number of carbonyl (C=O) groups excluding carboxylic acids is 2. The van der Waals surface area contributed by atoms with E-state index in [0.717, 1.165) is 6.20 Å². The summed E-state index contributed by atoms with van der Waals surface area (Å²) in [4.78, 5) is 35.1. The van der Waals surface area contributed by atoms with Gasteiger partial charge < -0.3 is 21.5 Å². The van der Waals surface area contributed by atoms with Crippen molar-refractivity contribution in [2.45, 2.75) is 26.3 Å². The zero-order valence-electron chi connectivity index (χ0n) is 13.9. The minimum Gasteiger partial charge on any atom is -0.480 e. The number of hydrogen-bond donors (Lipinski definition) is 4. The fourth-order valence-corrected chi connectivity index (χ4v) is 1.93. The Kier molecular flexibility index (Phi) is 7.16. The first-order valence-electron chi connectivity index (χ1n) is 7.55. The fraction of sp³-hybridized carbons (Fsp3) is 0.294. The molecule has 0 aliphatic carbocycles. The largest absolute Gasteiger partial charge is 0.480 e. The maximum Gasteiger partial charge on any atom is 0.326 e. The number of anilines is 1. The van der Waals surface area contributed by atoms with Gasteiger partial charge in [-0.15, -0.1) is 0 Å². The summed E-state index contributed by atoms with van der Waals surface area (Å²) in [7, 11) is 0. The van der Waals surface area contributed by atoms with E-state index >= 15 is 0 Å². The second kappa shape index (κ2) is 9.08. The molecule has 132 valence electrons. The van der Waals surface area contributed by atoms with E-state index in [-0.39, 0.29) is 12.3 Å². The maximum atomic E-state index is 12.0. The van der Waals surface area contributed by atoms with Gasteiger partial charge in [0.2, 0.25) is 0 Å². The quantitative estimate of drug-likeness (QED) is 0.330. The number of aliphatic carboxylic acids is 1. The zero-order valence-corrected chi connectivity index (χ0v) is 13.9. The molecule has 0 bridgehead atoms. The summed E-state index contributed by atoms with van der Waals surface area (Å²) in [6, 6.07) is 6.59. The van der Waals surface area contributed by atoms with Crippen LogP contribution in [0.3, 0.4) is 0 Å². The van der Waals surface area contributed by atoms with Crippen LogP contribution in [0.4, 0.5) is 5.69 Å². The molecular weight excluding hydrogens is 324 g/mol. The van der Waals surface area contributed by atoms with Crippen molar-refractivity contribution >= 4 is 23.5 Å². The molecule has 1 atom stereocenters. The molecule has 0 saturated carbocycles. The van der Waals surface area contributed by atoms with Crippen molar-refractivity contribution in [1.82, 2.24) is 10.6 Å². The van der Waals surface area contributed by atoms with Crippen LogP contribution >= 0.6 is 0 Å². The third-order valence-electron chi connectivity index (χ3n) is 3.20. The zero-order chi connectivity index (χ0) is 19.0. The van der Waals surface area contributed by atoms with Crippen LogP contribution in [0.5, 0.6) is 0 Å². The van der Waals surface area contributed by atoms with Crippen molar-refractivity contribution in [2.75, 3.05) is 5.73 Å². The summed E-state index contributed by atoms with van der Waals surface area (Å²) in [6.07, 6.45) is 1.17. The predicted molar refractivity (Wildman–Crippen MR) is 91.0 cm³/mol. The molecule has 1 aromatic rings. The Bertz CT molecular complexity index is 717. The highest BCUT2D eigenvalue weighted by atomic mass is 16.4.